The number of ether oxygens (including phenoxy) is 1. The van der Waals surface area contributed by atoms with Crippen LogP contribution < -0.4 is 5.73 Å². The van der Waals surface area contributed by atoms with Gasteiger partial charge in [0.1, 0.15) is 0 Å². The van der Waals surface area contributed by atoms with E-state index in [-0.39, 0.29) is 0 Å². The first-order chi connectivity index (χ1) is 7.72. The van der Waals surface area contributed by atoms with E-state index in [1.54, 1.807) is 7.11 Å². The molecule has 0 aromatic rings. The van der Waals surface area contributed by atoms with Crippen molar-refractivity contribution in [1.29, 1.82) is 0 Å². The van der Waals surface area contributed by atoms with Crippen molar-refractivity contribution in [1.82, 2.24) is 4.90 Å². The van der Waals surface area contributed by atoms with Gasteiger partial charge in [-0.1, -0.05) is 12.2 Å². The molecule has 1 aliphatic heterocycles. The number of hydrogen-bond donors (Lipinski definition) is 1. The molecule has 4 heteroatoms. The number of nitrogens with two attached hydrogens (primary N) is 1. The molecule has 1 saturated heterocycles. The number of rotatable bonds is 7. The van der Waals surface area contributed by atoms with Crippen LogP contribution in [0.1, 0.15) is 32.1 Å². The van der Waals surface area contributed by atoms with E-state index in [0.717, 1.165) is 25.4 Å². The fourth-order valence-electron chi connectivity index (χ4n) is 2.25. The van der Waals surface area contributed by atoms with Gasteiger partial charge in [0.15, 0.2) is 0 Å². The van der Waals surface area contributed by atoms with Crippen LogP contribution in [0.2, 0.25) is 0 Å². The summed E-state index contributed by atoms with van der Waals surface area (Å²) < 4.78 is 5.19. The molecule has 16 heavy (non-hydrogen) atoms. The minimum atomic E-state index is 0.652. The Labute approximate surface area is 104 Å². The van der Waals surface area contributed by atoms with Crippen LogP contribution in [-0.2, 0) is 4.74 Å². The van der Waals surface area contributed by atoms with Gasteiger partial charge in [0.05, 0.1) is 4.99 Å². The maximum Gasteiger partial charge on any atom is 0.0727 e. The van der Waals surface area contributed by atoms with Crippen molar-refractivity contribution in [2.75, 3.05) is 33.4 Å². The molecule has 0 radical (unpaired) electrons. The molecule has 0 amide bonds. The molecule has 0 spiro atoms. The highest BCUT2D eigenvalue weighted by Crippen LogP contribution is 2.17. The van der Waals surface area contributed by atoms with Crippen molar-refractivity contribution in [2.24, 2.45) is 11.7 Å². The van der Waals surface area contributed by atoms with Crippen molar-refractivity contribution >= 4 is 17.2 Å². The Balaban J connectivity index is 2.01. The molecule has 0 unspecified atom stereocenters. The highest BCUT2D eigenvalue weighted by molar-refractivity contribution is 7.80. The monoisotopic (exact) mass is 244 g/mol. The van der Waals surface area contributed by atoms with Crippen LogP contribution in [0, 0.1) is 5.92 Å². The lowest BCUT2D eigenvalue weighted by atomic mass is 9.97. The van der Waals surface area contributed by atoms with Crippen molar-refractivity contribution in [3.8, 4) is 0 Å². The number of piperidine rings is 1. The first-order valence-corrected chi connectivity index (χ1v) is 6.62. The molecular weight excluding hydrogens is 220 g/mol. The van der Waals surface area contributed by atoms with E-state index in [2.05, 4.69) is 4.90 Å². The smallest absolute Gasteiger partial charge is 0.0727 e. The van der Waals surface area contributed by atoms with Gasteiger partial charge in [-0.3, -0.25) is 0 Å². The van der Waals surface area contributed by atoms with Crippen LogP contribution in [0.4, 0.5) is 0 Å². The molecule has 0 aromatic carbocycles. The second-order valence-corrected chi connectivity index (χ2v) is 5.19. The van der Waals surface area contributed by atoms with Crippen LogP contribution in [0.5, 0.6) is 0 Å². The second kappa shape index (κ2) is 7.98. The number of unbranched alkanes of at least 4 members (excludes halogenated alkanes) is 1. The maximum absolute atomic E-state index is 5.47. The summed E-state index contributed by atoms with van der Waals surface area (Å²) >= 11 is 4.86. The van der Waals surface area contributed by atoms with Gasteiger partial charge in [-0.25, -0.2) is 0 Å². The van der Waals surface area contributed by atoms with Gasteiger partial charge in [-0.05, 0) is 57.7 Å². The van der Waals surface area contributed by atoms with Gasteiger partial charge in [-0.2, -0.15) is 0 Å². The molecule has 0 bridgehead atoms. The van der Waals surface area contributed by atoms with Crippen molar-refractivity contribution in [2.45, 2.75) is 32.1 Å². The number of nitrogens with zero attached hydrogens (tertiary/aromatic N) is 1. The number of thiocarbonyl (C=S) groups is 1. The van der Waals surface area contributed by atoms with E-state index in [1.165, 1.54) is 38.9 Å². The third kappa shape index (κ3) is 5.77. The lowest BCUT2D eigenvalue weighted by Crippen LogP contribution is -2.35. The second-order valence-electron chi connectivity index (χ2n) is 4.66. The molecule has 1 aliphatic rings. The van der Waals surface area contributed by atoms with Crippen molar-refractivity contribution in [3.05, 3.63) is 0 Å². The molecule has 0 atom stereocenters. The zero-order chi connectivity index (χ0) is 11.8. The van der Waals surface area contributed by atoms with Gasteiger partial charge in [-0.15, -0.1) is 0 Å². The fourth-order valence-corrected chi connectivity index (χ4v) is 2.39. The predicted octanol–water partition coefficient (Wildman–Crippen LogP) is 1.80. The lowest BCUT2D eigenvalue weighted by Gasteiger charge is -2.31. The first kappa shape index (κ1) is 13.9. The zero-order valence-electron chi connectivity index (χ0n) is 10.3. The molecule has 3 nitrogen and oxygen atoms in total. The van der Waals surface area contributed by atoms with Gasteiger partial charge >= 0.3 is 0 Å². The van der Waals surface area contributed by atoms with E-state index in [4.69, 9.17) is 22.7 Å². The molecule has 0 aliphatic carbocycles. The summed E-state index contributed by atoms with van der Waals surface area (Å²) in [7, 11) is 1.79. The van der Waals surface area contributed by atoms with Crippen LogP contribution in [0.25, 0.3) is 0 Å². The molecule has 94 valence electrons. The molecule has 1 heterocycles. The molecule has 1 rings (SSSR count). The minimum Gasteiger partial charge on any atom is -0.393 e. The summed E-state index contributed by atoms with van der Waals surface area (Å²) in [6, 6.07) is 0. The van der Waals surface area contributed by atoms with E-state index < -0.39 is 0 Å². The summed E-state index contributed by atoms with van der Waals surface area (Å²) in [6.07, 6.45) is 5.81. The van der Waals surface area contributed by atoms with E-state index in [9.17, 15) is 0 Å². The average Bonchev–Trinajstić information content (AvgIpc) is 2.27. The Kier molecular flexibility index (Phi) is 6.92. The van der Waals surface area contributed by atoms with E-state index >= 15 is 0 Å². The van der Waals surface area contributed by atoms with Gasteiger partial charge < -0.3 is 15.4 Å². The Morgan fingerprint density at radius 3 is 2.62 bits per heavy atom. The van der Waals surface area contributed by atoms with Crippen molar-refractivity contribution < 1.29 is 4.74 Å². The van der Waals surface area contributed by atoms with Crippen LogP contribution in [0.15, 0.2) is 0 Å². The average molecular weight is 244 g/mol. The zero-order valence-corrected chi connectivity index (χ0v) is 11.1. The summed E-state index contributed by atoms with van der Waals surface area (Å²) in [6.45, 7) is 4.57. The highest BCUT2D eigenvalue weighted by Gasteiger charge is 2.18. The lowest BCUT2D eigenvalue weighted by molar-refractivity contribution is 0.0989. The number of methoxy groups -OCH3 is 1. The van der Waals surface area contributed by atoms with Crippen LogP contribution in [-0.4, -0.2) is 43.2 Å². The summed E-state index contributed by atoms with van der Waals surface area (Å²) in [5.41, 5.74) is 5.47. The van der Waals surface area contributed by atoms with Gasteiger partial charge in [0.2, 0.25) is 0 Å². The first-order valence-electron chi connectivity index (χ1n) is 6.22. The van der Waals surface area contributed by atoms with Crippen LogP contribution in [0.3, 0.4) is 0 Å². The van der Waals surface area contributed by atoms with Crippen LogP contribution >= 0.6 is 12.2 Å². The Hall–Kier alpha value is -0.190. The molecule has 0 saturated carbocycles. The topological polar surface area (TPSA) is 38.5 Å². The minimum absolute atomic E-state index is 0.652. The molecule has 2 N–H and O–H groups in total. The Bertz CT molecular complexity index is 203. The largest absolute Gasteiger partial charge is 0.393 e. The predicted molar refractivity (Wildman–Crippen MR) is 71.7 cm³/mol. The summed E-state index contributed by atoms with van der Waals surface area (Å²) in [5, 5.41) is 0. The molecule has 1 fully saturated rings. The third-order valence-electron chi connectivity index (χ3n) is 3.26. The summed E-state index contributed by atoms with van der Waals surface area (Å²) in [4.78, 5) is 3.20. The molecule has 0 aromatic heterocycles. The normalized spacial score (nSPS) is 18.8. The van der Waals surface area contributed by atoms with E-state index in [1.807, 2.05) is 0 Å². The van der Waals surface area contributed by atoms with Gasteiger partial charge in [0.25, 0.3) is 0 Å². The standard InChI is InChI=1S/C12H24N2OS/c1-15-10-11-5-8-14(9-6-11)7-3-2-4-12(13)16/h11H,2-10H2,1H3,(H2,13,16). The number of likely N-dealkylation sites (tertiary alicyclic amines) is 1. The highest BCUT2D eigenvalue weighted by atomic mass is 32.1. The summed E-state index contributed by atoms with van der Waals surface area (Å²) in [5.74, 6) is 0.776. The van der Waals surface area contributed by atoms with Crippen molar-refractivity contribution in [3.63, 3.8) is 0 Å². The van der Waals surface area contributed by atoms with E-state index in [0.29, 0.717) is 4.99 Å². The number of hydrogen-bond acceptors (Lipinski definition) is 3. The Morgan fingerprint density at radius 2 is 2.06 bits per heavy atom. The third-order valence-corrected chi connectivity index (χ3v) is 3.46. The van der Waals surface area contributed by atoms with Gasteiger partial charge in [0, 0.05) is 13.7 Å². The fraction of sp³-hybridized carbons (Fsp3) is 0.917. The SMILES string of the molecule is COCC1CCN(CCCCC(N)=S)CC1. The molecular formula is C12H24N2OS. The Morgan fingerprint density at radius 1 is 1.38 bits per heavy atom. The quantitative estimate of drug-likeness (QED) is 0.547. The maximum atomic E-state index is 5.47.